The molecule has 0 heterocycles. The Balaban J connectivity index is 3.31. The lowest BCUT2D eigenvalue weighted by Gasteiger charge is -2.03. The van der Waals surface area contributed by atoms with Crippen LogP contribution in [0.2, 0.25) is 0 Å². The van der Waals surface area contributed by atoms with Gasteiger partial charge in [0.2, 0.25) is 0 Å². The van der Waals surface area contributed by atoms with Gasteiger partial charge in [0.1, 0.15) is 6.29 Å². The van der Waals surface area contributed by atoms with E-state index < -0.39 is 0 Å². The molecule has 70 valence electrons. The van der Waals surface area contributed by atoms with Crippen LogP contribution in [0, 0.1) is 5.92 Å². The van der Waals surface area contributed by atoms with Crippen LogP contribution in [0.5, 0.6) is 0 Å². The Kier molecular flexibility index (Phi) is 8.09. The van der Waals surface area contributed by atoms with Gasteiger partial charge < -0.3 is 4.79 Å². The number of carbonyl (C=O) groups excluding carboxylic acids is 1. The summed E-state index contributed by atoms with van der Waals surface area (Å²) in [5.74, 6) is 0.636. The molecule has 1 heteroatoms. The number of hydrogen-bond donors (Lipinski definition) is 0. The van der Waals surface area contributed by atoms with Crippen molar-refractivity contribution in [3.05, 3.63) is 12.2 Å². The van der Waals surface area contributed by atoms with Crippen molar-refractivity contribution in [3.63, 3.8) is 0 Å². The number of aldehydes is 1. The summed E-state index contributed by atoms with van der Waals surface area (Å²) in [5, 5.41) is 0. The third-order valence-corrected chi connectivity index (χ3v) is 1.96. The molecule has 0 aromatic heterocycles. The molecule has 0 N–H and O–H groups in total. The molecule has 0 spiro atoms. The molecular weight excluding hydrogens is 148 g/mol. The molecule has 0 saturated carbocycles. The summed E-state index contributed by atoms with van der Waals surface area (Å²) in [6, 6.07) is 0. The number of hydrogen-bond acceptors (Lipinski definition) is 1. The van der Waals surface area contributed by atoms with Gasteiger partial charge in [-0.3, -0.25) is 0 Å². The molecule has 1 nitrogen and oxygen atoms in total. The van der Waals surface area contributed by atoms with Crippen molar-refractivity contribution in [1.29, 1.82) is 0 Å². The lowest BCUT2D eigenvalue weighted by Crippen LogP contribution is -1.89. The highest BCUT2D eigenvalue weighted by Gasteiger charge is 1.95. The Morgan fingerprint density at radius 3 is 2.67 bits per heavy atom. The Morgan fingerprint density at radius 1 is 1.33 bits per heavy atom. The van der Waals surface area contributed by atoms with E-state index in [0.717, 1.165) is 6.29 Å². The molecule has 0 aliphatic rings. The number of unbranched alkanes of at least 4 members (excludes halogenated alkanes) is 2. The van der Waals surface area contributed by atoms with E-state index in [1.165, 1.54) is 25.7 Å². The fraction of sp³-hybridized carbons (Fsp3) is 0.727. The van der Waals surface area contributed by atoms with Crippen LogP contribution in [-0.2, 0) is 4.79 Å². The maximum absolute atomic E-state index is 10.00. The molecule has 0 bridgehead atoms. The summed E-state index contributed by atoms with van der Waals surface area (Å²) in [6.45, 7) is 4.42. The van der Waals surface area contributed by atoms with Gasteiger partial charge in [0.05, 0.1) is 0 Å². The first-order valence-electron chi connectivity index (χ1n) is 4.91. The van der Waals surface area contributed by atoms with Crippen molar-refractivity contribution in [1.82, 2.24) is 0 Å². The first kappa shape index (κ1) is 11.4. The average molecular weight is 168 g/mol. The average Bonchev–Trinajstić information content (AvgIpc) is 2.06. The maximum Gasteiger partial charge on any atom is 0.123 e. The lowest BCUT2D eigenvalue weighted by atomic mass is 10.0. The lowest BCUT2D eigenvalue weighted by molar-refractivity contribution is -0.107. The fourth-order valence-corrected chi connectivity index (χ4v) is 1.18. The van der Waals surface area contributed by atoms with Gasteiger partial charge in [-0.05, 0) is 12.3 Å². The molecule has 1 unspecified atom stereocenters. The van der Waals surface area contributed by atoms with Crippen LogP contribution < -0.4 is 0 Å². The zero-order valence-electron chi connectivity index (χ0n) is 8.25. The van der Waals surface area contributed by atoms with Gasteiger partial charge in [-0.15, -0.1) is 0 Å². The third-order valence-electron chi connectivity index (χ3n) is 1.96. The first-order chi connectivity index (χ1) is 5.81. The minimum Gasteiger partial charge on any atom is -0.303 e. The molecule has 0 aliphatic heterocycles. The summed E-state index contributed by atoms with van der Waals surface area (Å²) in [4.78, 5) is 10.00. The van der Waals surface area contributed by atoms with Crippen LogP contribution in [0.1, 0.15) is 46.0 Å². The predicted octanol–water partition coefficient (Wildman–Crippen LogP) is 3.35. The van der Waals surface area contributed by atoms with Crippen molar-refractivity contribution in [2.75, 3.05) is 0 Å². The molecule has 0 radical (unpaired) electrons. The van der Waals surface area contributed by atoms with Gasteiger partial charge >= 0.3 is 0 Å². The van der Waals surface area contributed by atoms with Crippen molar-refractivity contribution in [2.45, 2.75) is 46.0 Å². The molecule has 12 heavy (non-hydrogen) atoms. The van der Waals surface area contributed by atoms with Crippen LogP contribution in [0.15, 0.2) is 12.2 Å². The molecule has 1 atom stereocenters. The maximum atomic E-state index is 10.00. The van der Waals surface area contributed by atoms with E-state index in [0.29, 0.717) is 12.3 Å². The van der Waals surface area contributed by atoms with Gasteiger partial charge in [0.15, 0.2) is 0 Å². The van der Waals surface area contributed by atoms with Gasteiger partial charge in [-0.25, -0.2) is 0 Å². The van der Waals surface area contributed by atoms with Crippen molar-refractivity contribution in [3.8, 4) is 0 Å². The second kappa shape index (κ2) is 8.51. The monoisotopic (exact) mass is 168 g/mol. The van der Waals surface area contributed by atoms with Crippen LogP contribution in [0.3, 0.4) is 0 Å². The van der Waals surface area contributed by atoms with Gasteiger partial charge in [0, 0.05) is 6.42 Å². The van der Waals surface area contributed by atoms with Gasteiger partial charge in [0.25, 0.3) is 0 Å². The van der Waals surface area contributed by atoms with E-state index in [1.54, 1.807) is 0 Å². The van der Waals surface area contributed by atoms with Crippen LogP contribution in [0.25, 0.3) is 0 Å². The molecule has 0 aromatic carbocycles. The quantitative estimate of drug-likeness (QED) is 0.324. The number of allylic oxidation sites excluding steroid dienone is 2. The Hall–Kier alpha value is -0.590. The minimum absolute atomic E-state index is 0.568. The number of carbonyl (C=O) groups is 1. The first-order valence-corrected chi connectivity index (χ1v) is 4.91. The highest BCUT2D eigenvalue weighted by atomic mass is 16.1. The Labute approximate surface area is 75.9 Å². The molecule has 0 fully saturated rings. The van der Waals surface area contributed by atoms with Crippen molar-refractivity contribution >= 4 is 6.29 Å². The molecule has 0 amide bonds. The van der Waals surface area contributed by atoms with E-state index in [1.807, 2.05) is 6.08 Å². The van der Waals surface area contributed by atoms with Crippen LogP contribution in [-0.4, -0.2) is 6.29 Å². The number of rotatable bonds is 7. The van der Waals surface area contributed by atoms with E-state index in [2.05, 4.69) is 19.9 Å². The van der Waals surface area contributed by atoms with Gasteiger partial charge in [-0.2, -0.15) is 0 Å². The fourth-order valence-electron chi connectivity index (χ4n) is 1.18. The molecule has 0 aromatic rings. The SMILES string of the molecule is CCCCCC(C)C=CCC=O. The topological polar surface area (TPSA) is 17.1 Å². The Bertz CT molecular complexity index is 127. The zero-order chi connectivity index (χ0) is 9.23. The Morgan fingerprint density at radius 2 is 2.08 bits per heavy atom. The largest absolute Gasteiger partial charge is 0.303 e. The second-order valence-corrected chi connectivity index (χ2v) is 3.30. The summed E-state index contributed by atoms with van der Waals surface area (Å²) < 4.78 is 0. The summed E-state index contributed by atoms with van der Waals surface area (Å²) >= 11 is 0. The smallest absolute Gasteiger partial charge is 0.123 e. The van der Waals surface area contributed by atoms with E-state index in [4.69, 9.17) is 0 Å². The predicted molar refractivity (Wildman–Crippen MR) is 53.1 cm³/mol. The highest BCUT2D eigenvalue weighted by Crippen LogP contribution is 2.10. The highest BCUT2D eigenvalue weighted by molar-refractivity contribution is 5.51. The molecule has 0 aliphatic carbocycles. The summed E-state index contributed by atoms with van der Waals surface area (Å²) in [7, 11) is 0. The normalized spacial score (nSPS) is 13.5. The summed E-state index contributed by atoms with van der Waals surface area (Å²) in [5.41, 5.74) is 0. The third kappa shape index (κ3) is 7.52. The molecular formula is C11H20O. The van der Waals surface area contributed by atoms with Crippen LogP contribution >= 0.6 is 0 Å². The van der Waals surface area contributed by atoms with E-state index in [9.17, 15) is 4.79 Å². The van der Waals surface area contributed by atoms with E-state index >= 15 is 0 Å². The molecule has 0 saturated heterocycles. The standard InChI is InChI=1S/C11H20O/c1-3-4-5-8-11(2)9-6-7-10-12/h6,9-11H,3-5,7-8H2,1-2H3. The van der Waals surface area contributed by atoms with Crippen molar-refractivity contribution < 1.29 is 4.79 Å². The van der Waals surface area contributed by atoms with E-state index in [-0.39, 0.29) is 0 Å². The molecule has 0 rings (SSSR count). The second-order valence-electron chi connectivity index (χ2n) is 3.30. The van der Waals surface area contributed by atoms with Gasteiger partial charge in [-0.1, -0.05) is 45.3 Å². The minimum atomic E-state index is 0.568. The zero-order valence-corrected chi connectivity index (χ0v) is 8.25. The van der Waals surface area contributed by atoms with Crippen molar-refractivity contribution in [2.24, 2.45) is 5.92 Å². The summed E-state index contributed by atoms with van der Waals surface area (Å²) in [6.07, 6.45) is 10.8. The van der Waals surface area contributed by atoms with Crippen LogP contribution in [0.4, 0.5) is 0 Å².